The second-order valence-corrected chi connectivity index (χ2v) is 8.19. The molecule has 0 spiro atoms. The van der Waals surface area contributed by atoms with E-state index in [1.165, 1.54) is 76.7 Å². The fraction of sp³-hybridized carbons (Fsp3) is 0.684. The molecule has 0 amide bonds. The highest BCUT2D eigenvalue weighted by atomic mass is 32.2. The van der Waals surface area contributed by atoms with Crippen LogP contribution in [0.1, 0.15) is 54.9 Å². The van der Waals surface area contributed by atoms with Crippen LogP contribution in [-0.2, 0) is 25.7 Å². The Morgan fingerprint density at radius 2 is 1.68 bits per heavy atom. The van der Waals surface area contributed by atoms with E-state index in [1.54, 1.807) is 22.3 Å². The molecule has 120 valence electrons. The number of nitrogens with one attached hydrogen (secondary N) is 1. The molecule has 0 radical (unpaired) electrons. The van der Waals surface area contributed by atoms with Crippen LogP contribution in [0.25, 0.3) is 0 Å². The minimum absolute atomic E-state index is 0.789. The van der Waals surface area contributed by atoms with Gasteiger partial charge in [0, 0.05) is 5.25 Å². The van der Waals surface area contributed by atoms with Gasteiger partial charge in [-0.25, -0.2) is 0 Å². The monoisotopic (exact) mass is 316 g/mol. The number of anilines is 1. The SMILES string of the molecule is CCN1CCC(SNc2c3c(cc4c2CCC4)CCC3)CC1. The molecule has 2 nitrogen and oxygen atoms in total. The minimum atomic E-state index is 0.789. The predicted octanol–water partition coefficient (Wildman–Crippen LogP) is 4.21. The second kappa shape index (κ2) is 6.45. The van der Waals surface area contributed by atoms with Crippen molar-refractivity contribution in [1.82, 2.24) is 4.90 Å². The van der Waals surface area contributed by atoms with Crippen molar-refractivity contribution in [3.8, 4) is 0 Å². The fourth-order valence-corrected chi connectivity index (χ4v) is 5.40. The van der Waals surface area contributed by atoms with Crippen LogP contribution in [-0.4, -0.2) is 29.8 Å². The average molecular weight is 317 g/mol. The largest absolute Gasteiger partial charge is 0.329 e. The van der Waals surface area contributed by atoms with E-state index in [4.69, 9.17) is 0 Å². The number of hydrogen-bond acceptors (Lipinski definition) is 3. The summed E-state index contributed by atoms with van der Waals surface area (Å²) >= 11 is 2.02. The maximum Gasteiger partial charge on any atom is 0.0510 e. The number of benzene rings is 1. The molecule has 2 aliphatic carbocycles. The third kappa shape index (κ3) is 2.78. The first kappa shape index (κ1) is 14.9. The van der Waals surface area contributed by atoms with Crippen molar-refractivity contribution in [2.75, 3.05) is 24.4 Å². The standard InChI is InChI=1S/C19H28N2S/c1-2-21-11-9-16(10-12-21)22-20-19-17-7-3-5-14(17)13-15-6-4-8-18(15)19/h13,16,20H,2-12H2,1H3. The Balaban J connectivity index is 1.47. The number of fused-ring (bicyclic) bond motifs is 2. The Morgan fingerprint density at radius 1 is 1.05 bits per heavy atom. The lowest BCUT2D eigenvalue weighted by Crippen LogP contribution is -2.34. The van der Waals surface area contributed by atoms with Gasteiger partial charge in [0.15, 0.2) is 0 Å². The quantitative estimate of drug-likeness (QED) is 0.838. The van der Waals surface area contributed by atoms with Gasteiger partial charge in [-0.3, -0.25) is 0 Å². The molecule has 0 bridgehead atoms. The molecule has 1 heterocycles. The summed E-state index contributed by atoms with van der Waals surface area (Å²) in [6.45, 7) is 6.05. The first-order valence-corrected chi connectivity index (χ1v) is 10.0. The smallest absolute Gasteiger partial charge is 0.0510 e. The highest BCUT2D eigenvalue weighted by molar-refractivity contribution is 8.01. The first-order valence-electron chi connectivity index (χ1n) is 9.15. The number of aryl methyl sites for hydroxylation is 2. The summed E-state index contributed by atoms with van der Waals surface area (Å²) in [6, 6.07) is 2.53. The van der Waals surface area contributed by atoms with Crippen LogP contribution in [0.15, 0.2) is 6.07 Å². The minimum Gasteiger partial charge on any atom is -0.329 e. The second-order valence-electron chi connectivity index (χ2n) is 7.09. The number of piperidine rings is 1. The predicted molar refractivity (Wildman–Crippen MR) is 96.8 cm³/mol. The Morgan fingerprint density at radius 3 is 2.27 bits per heavy atom. The van der Waals surface area contributed by atoms with Gasteiger partial charge in [0.25, 0.3) is 0 Å². The van der Waals surface area contributed by atoms with Crippen molar-refractivity contribution in [2.24, 2.45) is 0 Å². The Kier molecular flexibility index (Phi) is 4.36. The van der Waals surface area contributed by atoms with Crippen molar-refractivity contribution in [2.45, 2.75) is 63.5 Å². The number of rotatable bonds is 4. The Labute approximate surface area is 139 Å². The lowest BCUT2D eigenvalue weighted by atomic mass is 9.99. The van der Waals surface area contributed by atoms with Crippen LogP contribution in [0.5, 0.6) is 0 Å². The van der Waals surface area contributed by atoms with E-state index in [9.17, 15) is 0 Å². The number of likely N-dealkylation sites (tertiary alicyclic amines) is 1. The van der Waals surface area contributed by atoms with Gasteiger partial charge in [-0.2, -0.15) is 0 Å². The normalized spacial score (nSPS) is 21.9. The molecule has 0 unspecified atom stereocenters. The zero-order valence-electron chi connectivity index (χ0n) is 13.8. The number of hydrogen-bond donors (Lipinski definition) is 1. The van der Waals surface area contributed by atoms with Crippen LogP contribution in [0.4, 0.5) is 5.69 Å². The topological polar surface area (TPSA) is 15.3 Å². The van der Waals surface area contributed by atoms with E-state index in [0.717, 1.165) is 5.25 Å². The molecular weight excluding hydrogens is 288 g/mol. The molecule has 1 aromatic rings. The van der Waals surface area contributed by atoms with Crippen LogP contribution in [0, 0.1) is 0 Å². The zero-order chi connectivity index (χ0) is 14.9. The lowest BCUT2D eigenvalue weighted by molar-refractivity contribution is 0.244. The van der Waals surface area contributed by atoms with Gasteiger partial charge in [0.1, 0.15) is 0 Å². The van der Waals surface area contributed by atoms with E-state index < -0.39 is 0 Å². The number of nitrogens with zero attached hydrogens (tertiary/aromatic N) is 1. The van der Waals surface area contributed by atoms with E-state index in [0.29, 0.717) is 0 Å². The Bertz CT molecular complexity index is 515. The van der Waals surface area contributed by atoms with E-state index in [-0.39, 0.29) is 0 Å². The van der Waals surface area contributed by atoms with Gasteiger partial charge in [-0.05, 0) is 105 Å². The summed E-state index contributed by atoms with van der Waals surface area (Å²) in [5.74, 6) is 0. The molecule has 1 aromatic carbocycles. The lowest BCUT2D eigenvalue weighted by Gasteiger charge is -2.31. The van der Waals surface area contributed by atoms with Crippen molar-refractivity contribution in [1.29, 1.82) is 0 Å². The molecule has 1 aliphatic heterocycles. The fourth-order valence-electron chi connectivity index (χ4n) is 4.43. The highest BCUT2D eigenvalue weighted by Crippen LogP contribution is 2.40. The van der Waals surface area contributed by atoms with Crippen LogP contribution >= 0.6 is 11.9 Å². The maximum absolute atomic E-state index is 3.85. The summed E-state index contributed by atoms with van der Waals surface area (Å²) in [4.78, 5) is 2.58. The molecule has 4 rings (SSSR count). The summed E-state index contributed by atoms with van der Waals surface area (Å²) < 4.78 is 3.85. The highest BCUT2D eigenvalue weighted by Gasteiger charge is 2.25. The van der Waals surface area contributed by atoms with Crippen LogP contribution < -0.4 is 4.72 Å². The van der Waals surface area contributed by atoms with Gasteiger partial charge in [0.05, 0.1) is 5.69 Å². The molecule has 3 aliphatic rings. The molecule has 1 fully saturated rings. The third-order valence-corrected chi connectivity index (χ3v) is 6.91. The van der Waals surface area contributed by atoms with E-state index >= 15 is 0 Å². The molecule has 1 N–H and O–H groups in total. The van der Waals surface area contributed by atoms with E-state index in [1.807, 2.05) is 11.9 Å². The van der Waals surface area contributed by atoms with Crippen molar-refractivity contribution in [3.05, 3.63) is 28.3 Å². The maximum atomic E-state index is 3.85. The third-order valence-electron chi connectivity index (χ3n) is 5.78. The molecule has 3 heteroatoms. The van der Waals surface area contributed by atoms with Crippen LogP contribution in [0.3, 0.4) is 0 Å². The van der Waals surface area contributed by atoms with Crippen molar-refractivity contribution < 1.29 is 0 Å². The summed E-state index contributed by atoms with van der Waals surface area (Å²) in [5, 5.41) is 0.789. The van der Waals surface area contributed by atoms with Gasteiger partial charge >= 0.3 is 0 Å². The molecule has 0 saturated carbocycles. The molecule has 0 atom stereocenters. The molecule has 22 heavy (non-hydrogen) atoms. The van der Waals surface area contributed by atoms with Gasteiger partial charge < -0.3 is 9.62 Å². The van der Waals surface area contributed by atoms with Crippen LogP contribution in [0.2, 0.25) is 0 Å². The molecule has 0 aromatic heterocycles. The van der Waals surface area contributed by atoms with Gasteiger partial charge in [0.2, 0.25) is 0 Å². The zero-order valence-corrected chi connectivity index (χ0v) is 14.6. The van der Waals surface area contributed by atoms with Crippen molar-refractivity contribution >= 4 is 17.6 Å². The van der Waals surface area contributed by atoms with Gasteiger partial charge in [-0.1, -0.05) is 13.0 Å². The average Bonchev–Trinajstić information content (AvgIpc) is 3.20. The summed E-state index contributed by atoms with van der Waals surface area (Å²) in [5.41, 5.74) is 8.12. The first-order chi connectivity index (χ1) is 10.8. The summed E-state index contributed by atoms with van der Waals surface area (Å²) in [7, 11) is 0. The Hall–Kier alpha value is -0.670. The van der Waals surface area contributed by atoms with Crippen molar-refractivity contribution in [3.63, 3.8) is 0 Å². The summed E-state index contributed by atoms with van der Waals surface area (Å²) in [6.07, 6.45) is 10.6. The molecule has 1 saturated heterocycles. The molecular formula is C19H28N2S. The van der Waals surface area contributed by atoms with E-state index in [2.05, 4.69) is 22.6 Å². The van der Waals surface area contributed by atoms with Gasteiger partial charge in [-0.15, -0.1) is 0 Å².